The summed E-state index contributed by atoms with van der Waals surface area (Å²) in [5.41, 5.74) is 3.10. The largest absolute Gasteiger partial charge is 0.481 e. The molecule has 2 amide bonds. The molecule has 2 aromatic carbocycles. The highest BCUT2D eigenvalue weighted by atomic mass is 32.2. The van der Waals surface area contributed by atoms with E-state index >= 15 is 0 Å². The smallest absolute Gasteiger partial charge is 0.341 e. The number of thioether (sulfide) groups is 1. The molecule has 0 fully saturated rings. The Bertz CT molecular complexity index is 1390. The molecule has 0 radical (unpaired) electrons. The lowest BCUT2D eigenvalue weighted by atomic mass is 10.0. The number of nitrogens with zero attached hydrogens (tertiary/aromatic N) is 1. The highest BCUT2D eigenvalue weighted by Gasteiger charge is 2.30. The number of fused-ring (bicyclic) bond motifs is 1. The van der Waals surface area contributed by atoms with Crippen LogP contribution >= 0.6 is 23.1 Å². The molecule has 1 aliphatic heterocycles. The maximum atomic E-state index is 13.2. The van der Waals surface area contributed by atoms with E-state index in [1.165, 1.54) is 35.8 Å². The lowest BCUT2D eigenvalue weighted by molar-refractivity contribution is -0.138. The van der Waals surface area contributed by atoms with Gasteiger partial charge in [0.1, 0.15) is 5.00 Å². The first-order valence-corrected chi connectivity index (χ1v) is 14.5. The van der Waals surface area contributed by atoms with Crippen molar-refractivity contribution in [3.05, 3.63) is 76.2 Å². The van der Waals surface area contributed by atoms with Crippen LogP contribution in [0.1, 0.15) is 46.1 Å². The summed E-state index contributed by atoms with van der Waals surface area (Å²) in [6.45, 7) is 4.06. The van der Waals surface area contributed by atoms with Gasteiger partial charge in [0, 0.05) is 41.5 Å². The van der Waals surface area contributed by atoms with Crippen molar-refractivity contribution in [1.82, 2.24) is 4.90 Å². The molecule has 9 nitrogen and oxygen atoms in total. The number of thiophene rings is 1. The minimum absolute atomic E-state index is 0.122. The van der Waals surface area contributed by atoms with Crippen molar-refractivity contribution in [2.45, 2.75) is 49.4 Å². The number of anilines is 2. The van der Waals surface area contributed by atoms with E-state index < -0.39 is 23.1 Å². The fourth-order valence-corrected chi connectivity index (χ4v) is 6.61. The van der Waals surface area contributed by atoms with Gasteiger partial charge in [0.2, 0.25) is 11.8 Å². The summed E-state index contributed by atoms with van der Waals surface area (Å²) in [7, 11) is 1.34. The van der Waals surface area contributed by atoms with Crippen molar-refractivity contribution in [2.75, 3.05) is 24.3 Å². The normalized spacial score (nSPS) is 13.7. The molecule has 3 aromatic rings. The van der Waals surface area contributed by atoms with Crippen LogP contribution in [-0.2, 0) is 38.6 Å². The quantitative estimate of drug-likeness (QED) is 0.213. The Balaban J connectivity index is 1.42. The first-order chi connectivity index (χ1) is 19.2. The van der Waals surface area contributed by atoms with Crippen molar-refractivity contribution in [2.24, 2.45) is 0 Å². The van der Waals surface area contributed by atoms with E-state index in [4.69, 9.17) is 9.84 Å². The lowest BCUT2D eigenvalue weighted by Gasteiger charge is -2.27. The van der Waals surface area contributed by atoms with Gasteiger partial charge in [-0.1, -0.05) is 36.4 Å². The highest BCUT2D eigenvalue weighted by molar-refractivity contribution is 8.00. The monoisotopic (exact) mass is 581 g/mol. The molecule has 1 aromatic heterocycles. The second kappa shape index (κ2) is 13.6. The van der Waals surface area contributed by atoms with Gasteiger partial charge in [-0.15, -0.1) is 23.1 Å². The van der Waals surface area contributed by atoms with Gasteiger partial charge in [0.05, 0.1) is 24.3 Å². The third-order valence-corrected chi connectivity index (χ3v) is 8.60. The Morgan fingerprint density at radius 1 is 1.07 bits per heavy atom. The summed E-state index contributed by atoms with van der Waals surface area (Å²) >= 11 is 2.72. The van der Waals surface area contributed by atoms with Crippen LogP contribution in [0, 0.1) is 0 Å². The number of carboxylic acid groups (broad SMARTS) is 1. The number of methoxy groups -OCH3 is 1. The SMILES string of the molecule is COC(=O)c1c(NC(=O)C(C)Sc2cccc(NC(=O)CCC(=O)O)c2)sc2c1CCN(Cc1ccccc1)C2. The first-order valence-electron chi connectivity index (χ1n) is 12.8. The summed E-state index contributed by atoms with van der Waals surface area (Å²) in [4.78, 5) is 52.7. The number of carbonyl (C=O) groups excluding carboxylic acids is 3. The number of carbonyl (C=O) groups is 4. The van der Waals surface area contributed by atoms with E-state index in [0.29, 0.717) is 29.2 Å². The molecule has 40 heavy (non-hydrogen) atoms. The maximum absolute atomic E-state index is 13.2. The minimum atomic E-state index is -1.04. The van der Waals surface area contributed by atoms with Gasteiger partial charge in [-0.2, -0.15) is 0 Å². The number of benzene rings is 2. The first kappa shape index (κ1) is 29.3. The Hall–Kier alpha value is -3.67. The van der Waals surface area contributed by atoms with Crippen LogP contribution in [0.3, 0.4) is 0 Å². The molecule has 0 saturated carbocycles. The van der Waals surface area contributed by atoms with Crippen molar-refractivity contribution >= 4 is 57.5 Å². The molecule has 2 heterocycles. The predicted octanol–water partition coefficient (Wildman–Crippen LogP) is 5.02. The Morgan fingerprint density at radius 3 is 2.58 bits per heavy atom. The fraction of sp³-hybridized carbons (Fsp3) is 0.310. The van der Waals surface area contributed by atoms with Gasteiger partial charge in [-0.25, -0.2) is 4.79 Å². The van der Waals surface area contributed by atoms with E-state index in [-0.39, 0.29) is 18.7 Å². The van der Waals surface area contributed by atoms with Crippen LogP contribution < -0.4 is 10.6 Å². The van der Waals surface area contributed by atoms with E-state index in [0.717, 1.165) is 28.4 Å². The summed E-state index contributed by atoms with van der Waals surface area (Å²) in [6, 6.07) is 17.2. The van der Waals surface area contributed by atoms with Gasteiger partial charge < -0.3 is 20.5 Å². The molecule has 11 heteroatoms. The topological polar surface area (TPSA) is 125 Å². The fourth-order valence-electron chi connectivity index (χ4n) is 4.40. The van der Waals surface area contributed by atoms with Crippen molar-refractivity contribution in [3.8, 4) is 0 Å². The van der Waals surface area contributed by atoms with Gasteiger partial charge in [0.25, 0.3) is 0 Å². The second-order valence-electron chi connectivity index (χ2n) is 9.36. The number of hydrogen-bond acceptors (Lipinski definition) is 8. The standard InChI is InChI=1S/C29H31N3O6S2/c1-18(39-21-10-6-9-20(15-21)30-24(33)11-12-25(34)35)27(36)31-28-26(29(37)38-2)22-13-14-32(17-23(22)40-28)16-19-7-4-3-5-8-19/h3-10,15,18H,11-14,16-17H2,1-2H3,(H,30,33)(H,31,36)(H,34,35). The highest BCUT2D eigenvalue weighted by Crippen LogP contribution is 2.38. The van der Waals surface area contributed by atoms with Crippen molar-refractivity contribution in [3.63, 3.8) is 0 Å². The molecule has 1 atom stereocenters. The maximum Gasteiger partial charge on any atom is 0.341 e. The molecular formula is C29H31N3O6S2. The minimum Gasteiger partial charge on any atom is -0.481 e. The molecule has 0 aliphatic carbocycles. The Kier molecular flexibility index (Phi) is 9.97. The number of ether oxygens (including phenoxy) is 1. The predicted molar refractivity (Wildman–Crippen MR) is 156 cm³/mol. The number of carboxylic acids is 1. The molecular weight excluding hydrogens is 550 g/mol. The average Bonchev–Trinajstić information content (AvgIpc) is 3.29. The number of nitrogens with one attached hydrogen (secondary N) is 2. The molecule has 1 aliphatic rings. The van der Waals surface area contributed by atoms with Crippen LogP contribution in [0.2, 0.25) is 0 Å². The molecule has 4 rings (SSSR count). The van der Waals surface area contributed by atoms with E-state index in [1.54, 1.807) is 25.1 Å². The molecule has 0 spiro atoms. The van der Waals surface area contributed by atoms with Gasteiger partial charge in [-0.05, 0) is 42.7 Å². The van der Waals surface area contributed by atoms with E-state index in [9.17, 15) is 19.2 Å². The summed E-state index contributed by atoms with van der Waals surface area (Å²) in [5, 5.41) is 14.4. The Labute approximate surface area is 240 Å². The molecule has 0 saturated heterocycles. The molecule has 210 valence electrons. The average molecular weight is 582 g/mol. The van der Waals surface area contributed by atoms with Crippen LogP contribution in [0.5, 0.6) is 0 Å². The van der Waals surface area contributed by atoms with E-state index in [1.807, 2.05) is 24.3 Å². The van der Waals surface area contributed by atoms with E-state index in [2.05, 4.69) is 27.7 Å². The number of esters is 1. The molecule has 3 N–H and O–H groups in total. The molecule has 1 unspecified atom stereocenters. The Morgan fingerprint density at radius 2 is 1.85 bits per heavy atom. The van der Waals surface area contributed by atoms with Gasteiger partial charge >= 0.3 is 11.9 Å². The number of rotatable bonds is 11. The zero-order valence-electron chi connectivity index (χ0n) is 22.3. The van der Waals surface area contributed by atoms with Crippen LogP contribution in [0.4, 0.5) is 10.7 Å². The van der Waals surface area contributed by atoms with Crippen molar-refractivity contribution in [1.29, 1.82) is 0 Å². The van der Waals surface area contributed by atoms with Crippen LogP contribution in [0.15, 0.2) is 59.5 Å². The van der Waals surface area contributed by atoms with Gasteiger partial charge in [0.15, 0.2) is 0 Å². The van der Waals surface area contributed by atoms with Gasteiger partial charge in [-0.3, -0.25) is 19.3 Å². The van der Waals surface area contributed by atoms with Crippen LogP contribution in [-0.4, -0.2) is 52.7 Å². The number of hydrogen-bond donors (Lipinski definition) is 3. The second-order valence-corrected chi connectivity index (χ2v) is 11.9. The number of amides is 2. The number of aliphatic carboxylic acids is 1. The van der Waals surface area contributed by atoms with Crippen LogP contribution in [0.25, 0.3) is 0 Å². The third kappa shape index (κ3) is 7.71. The van der Waals surface area contributed by atoms with Crippen molar-refractivity contribution < 1.29 is 29.0 Å². The lowest BCUT2D eigenvalue weighted by Crippen LogP contribution is -2.29. The third-order valence-electron chi connectivity index (χ3n) is 6.38. The summed E-state index contributed by atoms with van der Waals surface area (Å²) in [6.07, 6.45) is 0.319. The molecule has 0 bridgehead atoms. The zero-order valence-corrected chi connectivity index (χ0v) is 23.9. The summed E-state index contributed by atoms with van der Waals surface area (Å²) in [5.74, 6) is -2.15. The summed E-state index contributed by atoms with van der Waals surface area (Å²) < 4.78 is 5.07. The zero-order chi connectivity index (χ0) is 28.6.